The van der Waals surface area contributed by atoms with Crippen molar-refractivity contribution >= 4 is 11.7 Å². The molecule has 0 saturated heterocycles. The number of nitrogens with two attached hydrogens (primary N) is 1. The van der Waals surface area contributed by atoms with Gasteiger partial charge in [0.15, 0.2) is 5.84 Å². The molecule has 1 heterocycles. The Hall–Kier alpha value is -1.78. The molecule has 0 amide bonds. The summed E-state index contributed by atoms with van der Waals surface area (Å²) in [6.45, 7) is 4.06. The number of aromatic nitrogens is 1. The number of nitrogens with zero attached hydrogens (tertiary/aromatic N) is 3. The van der Waals surface area contributed by atoms with E-state index in [1.807, 2.05) is 0 Å². The van der Waals surface area contributed by atoms with Gasteiger partial charge in [-0.05, 0) is 63.0 Å². The van der Waals surface area contributed by atoms with E-state index in [4.69, 9.17) is 15.9 Å². The highest BCUT2D eigenvalue weighted by Crippen LogP contribution is 2.33. The fraction of sp³-hybridized carbons (Fsp3) is 0.625. The molecular weight excluding hydrogens is 264 g/mol. The fourth-order valence-electron chi connectivity index (χ4n) is 3.08. The van der Waals surface area contributed by atoms with Gasteiger partial charge in [-0.25, -0.2) is 4.98 Å². The van der Waals surface area contributed by atoms with E-state index in [1.54, 1.807) is 0 Å². The number of oxime groups is 1. The second-order valence-corrected chi connectivity index (χ2v) is 6.14. The zero-order valence-electron chi connectivity index (χ0n) is 12.7. The van der Waals surface area contributed by atoms with Crippen molar-refractivity contribution in [3.63, 3.8) is 0 Å². The van der Waals surface area contributed by atoms with E-state index < -0.39 is 0 Å². The Morgan fingerprint density at radius 2 is 2.19 bits per heavy atom. The lowest BCUT2D eigenvalue weighted by atomic mass is 9.94. The van der Waals surface area contributed by atoms with Crippen molar-refractivity contribution in [2.45, 2.75) is 45.4 Å². The summed E-state index contributed by atoms with van der Waals surface area (Å²) in [5, 5.41) is 12.3. The maximum Gasteiger partial charge on any atom is 0.173 e. The molecule has 114 valence electrons. The summed E-state index contributed by atoms with van der Waals surface area (Å²) in [4.78, 5) is 7.17. The Bertz CT molecular complexity index is 551. The Morgan fingerprint density at radius 1 is 1.43 bits per heavy atom. The molecule has 0 bridgehead atoms. The molecule has 1 aromatic rings. The Balaban J connectivity index is 2.02. The van der Waals surface area contributed by atoms with Gasteiger partial charge < -0.3 is 15.8 Å². The molecule has 0 spiro atoms. The first-order valence-corrected chi connectivity index (χ1v) is 7.98. The van der Waals surface area contributed by atoms with E-state index in [1.165, 1.54) is 36.9 Å². The molecule has 1 saturated carbocycles. The molecule has 1 aromatic heterocycles. The lowest BCUT2D eigenvalue weighted by Crippen LogP contribution is -2.30. The quantitative estimate of drug-likeness (QED) is 0.377. The summed E-state index contributed by atoms with van der Waals surface area (Å²) < 4.78 is 0. The second-order valence-electron chi connectivity index (χ2n) is 6.14. The van der Waals surface area contributed by atoms with E-state index in [0.717, 1.165) is 43.2 Å². The Morgan fingerprint density at radius 3 is 2.86 bits per heavy atom. The molecule has 0 aromatic carbocycles. The number of hydrogen-bond acceptors (Lipinski definition) is 4. The van der Waals surface area contributed by atoms with Crippen molar-refractivity contribution in [1.82, 2.24) is 4.98 Å². The third-order valence-electron chi connectivity index (χ3n) is 4.52. The van der Waals surface area contributed by atoms with Crippen LogP contribution in [0.3, 0.4) is 0 Å². The molecular formula is C16H24N4O. The first-order chi connectivity index (χ1) is 10.2. The molecule has 3 rings (SSSR count). The number of fused-ring (bicyclic) bond motifs is 1. The summed E-state index contributed by atoms with van der Waals surface area (Å²) >= 11 is 0. The number of amidine groups is 1. The molecule has 1 fully saturated rings. The molecule has 2 aliphatic rings. The van der Waals surface area contributed by atoms with Crippen LogP contribution in [0.5, 0.6) is 0 Å². The SMILES string of the molecule is CCN(CC1CC1)c1nc2c(cc1C(N)=NO)CCCC2. The summed E-state index contributed by atoms with van der Waals surface area (Å²) in [6.07, 6.45) is 7.10. The van der Waals surface area contributed by atoms with Crippen molar-refractivity contribution in [1.29, 1.82) is 0 Å². The summed E-state index contributed by atoms with van der Waals surface area (Å²) in [6, 6.07) is 2.08. The maximum atomic E-state index is 9.08. The smallest absolute Gasteiger partial charge is 0.173 e. The van der Waals surface area contributed by atoms with Crippen LogP contribution < -0.4 is 10.6 Å². The monoisotopic (exact) mass is 288 g/mol. The Kier molecular flexibility index (Phi) is 3.99. The predicted octanol–water partition coefficient (Wildman–Crippen LogP) is 2.29. The minimum atomic E-state index is 0.167. The highest BCUT2D eigenvalue weighted by molar-refractivity contribution is 6.01. The summed E-state index contributed by atoms with van der Waals surface area (Å²) in [7, 11) is 0. The van der Waals surface area contributed by atoms with Crippen LogP contribution >= 0.6 is 0 Å². The van der Waals surface area contributed by atoms with Crippen LogP contribution in [0.2, 0.25) is 0 Å². The van der Waals surface area contributed by atoms with Crippen LogP contribution in [0.15, 0.2) is 11.2 Å². The zero-order chi connectivity index (χ0) is 14.8. The van der Waals surface area contributed by atoms with Crippen LogP contribution in [0.4, 0.5) is 5.82 Å². The normalized spacial score (nSPS) is 18.4. The molecule has 21 heavy (non-hydrogen) atoms. The molecule has 2 aliphatic carbocycles. The standard InChI is InChI=1S/C16H24N4O/c1-2-20(10-11-7-8-11)16-13(15(17)19-21)9-12-5-3-4-6-14(12)18-16/h9,11,21H,2-8,10H2,1H3,(H2,17,19). The van der Waals surface area contributed by atoms with Crippen LogP contribution in [-0.4, -0.2) is 29.1 Å². The number of aryl methyl sites for hydroxylation is 2. The van der Waals surface area contributed by atoms with Gasteiger partial charge in [0.1, 0.15) is 5.82 Å². The zero-order valence-corrected chi connectivity index (χ0v) is 12.7. The number of anilines is 1. The molecule has 0 atom stereocenters. The summed E-state index contributed by atoms with van der Waals surface area (Å²) in [5.74, 6) is 1.84. The number of rotatable bonds is 5. The van der Waals surface area contributed by atoms with Gasteiger partial charge in [0.2, 0.25) is 0 Å². The first-order valence-electron chi connectivity index (χ1n) is 7.98. The lowest BCUT2D eigenvalue weighted by Gasteiger charge is -2.27. The molecule has 3 N–H and O–H groups in total. The van der Waals surface area contributed by atoms with Gasteiger partial charge in [0, 0.05) is 18.8 Å². The Labute approximate surface area is 125 Å². The van der Waals surface area contributed by atoms with Gasteiger partial charge in [-0.3, -0.25) is 0 Å². The van der Waals surface area contributed by atoms with E-state index in [9.17, 15) is 0 Å². The minimum Gasteiger partial charge on any atom is -0.409 e. The molecule has 0 unspecified atom stereocenters. The first kappa shape index (κ1) is 14.2. The van der Waals surface area contributed by atoms with Crippen molar-refractivity contribution in [3.05, 3.63) is 22.9 Å². The van der Waals surface area contributed by atoms with Gasteiger partial charge in [0.25, 0.3) is 0 Å². The molecule has 0 aliphatic heterocycles. The van der Waals surface area contributed by atoms with E-state index in [-0.39, 0.29) is 5.84 Å². The van der Waals surface area contributed by atoms with Crippen molar-refractivity contribution in [2.75, 3.05) is 18.0 Å². The highest BCUT2D eigenvalue weighted by atomic mass is 16.4. The minimum absolute atomic E-state index is 0.167. The number of hydrogen-bond donors (Lipinski definition) is 2. The van der Waals surface area contributed by atoms with Crippen LogP contribution in [0.25, 0.3) is 0 Å². The topological polar surface area (TPSA) is 74.7 Å². The maximum absolute atomic E-state index is 9.08. The molecule has 5 heteroatoms. The van der Waals surface area contributed by atoms with Gasteiger partial charge in [-0.2, -0.15) is 0 Å². The van der Waals surface area contributed by atoms with Crippen LogP contribution in [-0.2, 0) is 12.8 Å². The van der Waals surface area contributed by atoms with Gasteiger partial charge >= 0.3 is 0 Å². The van der Waals surface area contributed by atoms with Crippen LogP contribution in [0.1, 0.15) is 49.4 Å². The van der Waals surface area contributed by atoms with E-state index in [2.05, 4.69) is 23.0 Å². The average Bonchev–Trinajstić information content (AvgIpc) is 3.34. The average molecular weight is 288 g/mol. The van der Waals surface area contributed by atoms with E-state index >= 15 is 0 Å². The lowest BCUT2D eigenvalue weighted by molar-refractivity contribution is 0.318. The van der Waals surface area contributed by atoms with Crippen molar-refractivity contribution < 1.29 is 5.21 Å². The number of pyridine rings is 1. The largest absolute Gasteiger partial charge is 0.409 e. The predicted molar refractivity (Wildman–Crippen MR) is 84.0 cm³/mol. The third kappa shape index (κ3) is 2.96. The van der Waals surface area contributed by atoms with Gasteiger partial charge in [-0.1, -0.05) is 5.16 Å². The third-order valence-corrected chi connectivity index (χ3v) is 4.52. The second kappa shape index (κ2) is 5.92. The van der Waals surface area contributed by atoms with Gasteiger partial charge in [-0.15, -0.1) is 0 Å². The molecule has 5 nitrogen and oxygen atoms in total. The van der Waals surface area contributed by atoms with Crippen LogP contribution in [0, 0.1) is 5.92 Å². The van der Waals surface area contributed by atoms with E-state index in [0.29, 0.717) is 0 Å². The van der Waals surface area contributed by atoms with Gasteiger partial charge in [0.05, 0.1) is 5.56 Å². The van der Waals surface area contributed by atoms with Crippen molar-refractivity contribution in [3.8, 4) is 0 Å². The highest BCUT2D eigenvalue weighted by Gasteiger charge is 2.27. The fourth-order valence-corrected chi connectivity index (χ4v) is 3.08. The summed E-state index contributed by atoms with van der Waals surface area (Å²) in [5.41, 5.74) is 9.13. The molecule has 0 radical (unpaired) electrons. The van der Waals surface area contributed by atoms with Crippen molar-refractivity contribution in [2.24, 2.45) is 16.8 Å².